The molecule has 2 N–H and O–H groups in total. The lowest BCUT2D eigenvalue weighted by Gasteiger charge is -1.96. The molecule has 84 valence electrons. The maximum atomic E-state index is 11.1. The van der Waals surface area contributed by atoms with Gasteiger partial charge >= 0.3 is 4.87 Å². The molecule has 0 bridgehead atoms. The Bertz CT molecular complexity index is 697. The molecule has 1 aliphatic rings. The van der Waals surface area contributed by atoms with Crippen LogP contribution in [-0.2, 0) is 0 Å². The maximum Gasteiger partial charge on any atom is 0.307 e. The number of rotatable bonds is 1. The molecule has 0 saturated carbocycles. The zero-order valence-electron chi connectivity index (χ0n) is 8.54. The van der Waals surface area contributed by atoms with Gasteiger partial charge < -0.3 is 5.11 Å². The summed E-state index contributed by atoms with van der Waals surface area (Å²) < 4.78 is 0. The van der Waals surface area contributed by atoms with Gasteiger partial charge in [-0.15, -0.1) is 0 Å². The van der Waals surface area contributed by atoms with Gasteiger partial charge in [0.15, 0.2) is 0 Å². The van der Waals surface area contributed by atoms with Crippen molar-refractivity contribution in [3.8, 4) is 5.88 Å². The fourth-order valence-corrected chi connectivity index (χ4v) is 2.28. The van der Waals surface area contributed by atoms with E-state index in [4.69, 9.17) is 0 Å². The highest BCUT2D eigenvalue weighted by atomic mass is 32.1. The van der Waals surface area contributed by atoms with Gasteiger partial charge in [-0.2, -0.15) is 0 Å². The van der Waals surface area contributed by atoms with Crippen molar-refractivity contribution < 1.29 is 5.11 Å². The van der Waals surface area contributed by atoms with Crippen molar-refractivity contribution in [2.45, 2.75) is 0 Å². The lowest BCUT2D eigenvalue weighted by Crippen LogP contribution is -1.89. The monoisotopic (exact) mass is 245 g/mol. The third-order valence-corrected chi connectivity index (χ3v) is 3.16. The largest absolute Gasteiger partial charge is 0.493 e. The predicted octanol–water partition coefficient (Wildman–Crippen LogP) is 1.79. The van der Waals surface area contributed by atoms with Gasteiger partial charge in [-0.25, -0.2) is 0 Å². The lowest BCUT2D eigenvalue weighted by molar-refractivity contribution is 0.455. The number of H-pyrrole nitrogens is 1. The number of fused-ring (bicyclic) bond motifs is 1. The van der Waals surface area contributed by atoms with E-state index in [-0.39, 0.29) is 10.8 Å². The molecule has 1 aliphatic heterocycles. The van der Waals surface area contributed by atoms with Crippen molar-refractivity contribution in [2.75, 3.05) is 0 Å². The van der Waals surface area contributed by atoms with Crippen LogP contribution < -0.4 is 4.87 Å². The highest BCUT2D eigenvalue weighted by Crippen LogP contribution is 2.31. The molecule has 0 saturated heterocycles. The van der Waals surface area contributed by atoms with Crippen molar-refractivity contribution in [3.05, 3.63) is 38.6 Å². The molecule has 0 spiro atoms. The molecule has 0 radical (unpaired) electrons. The second kappa shape index (κ2) is 3.67. The van der Waals surface area contributed by atoms with Crippen molar-refractivity contribution in [3.63, 3.8) is 0 Å². The van der Waals surface area contributed by atoms with E-state index < -0.39 is 0 Å². The van der Waals surface area contributed by atoms with E-state index >= 15 is 0 Å². The molecule has 2 aromatic heterocycles. The number of aromatic hydroxyl groups is 1. The molecule has 17 heavy (non-hydrogen) atoms. The Morgan fingerprint density at radius 3 is 3.12 bits per heavy atom. The molecule has 0 aromatic carbocycles. The number of aromatic amines is 1. The topological polar surface area (TPSA) is 78.3 Å². The predicted molar refractivity (Wildman–Crippen MR) is 66.9 cm³/mol. The summed E-state index contributed by atoms with van der Waals surface area (Å²) >= 11 is 0.949. The molecule has 0 atom stereocenters. The molecule has 5 nitrogen and oxygen atoms in total. The number of hydrogen-bond donors (Lipinski definition) is 2. The van der Waals surface area contributed by atoms with E-state index in [1.54, 1.807) is 18.5 Å². The first kappa shape index (κ1) is 9.98. The normalized spacial score (nSPS) is 15.4. The molecule has 3 rings (SSSR count). The average molecular weight is 245 g/mol. The van der Waals surface area contributed by atoms with E-state index in [0.29, 0.717) is 4.88 Å². The zero-order valence-corrected chi connectivity index (χ0v) is 9.36. The van der Waals surface area contributed by atoms with Gasteiger partial charge in [0.2, 0.25) is 5.88 Å². The summed E-state index contributed by atoms with van der Waals surface area (Å²) in [7, 11) is 0. The number of aliphatic imine (C=N–C) groups is 1. The molecule has 0 amide bonds. The van der Waals surface area contributed by atoms with Crippen LogP contribution in [0.5, 0.6) is 5.88 Å². The number of thiazole rings is 1. The van der Waals surface area contributed by atoms with Gasteiger partial charge in [0.1, 0.15) is 0 Å². The minimum absolute atomic E-state index is 0.120. The van der Waals surface area contributed by atoms with Gasteiger partial charge in [-0.1, -0.05) is 11.3 Å². The summed E-state index contributed by atoms with van der Waals surface area (Å²) in [6.45, 7) is 0. The third-order valence-electron chi connectivity index (χ3n) is 2.35. The minimum atomic E-state index is -0.287. The van der Waals surface area contributed by atoms with Crippen molar-refractivity contribution in [1.82, 2.24) is 9.97 Å². The molecule has 6 heteroatoms. The highest BCUT2D eigenvalue weighted by Gasteiger charge is 2.14. The van der Waals surface area contributed by atoms with Gasteiger partial charge in [0, 0.05) is 18.0 Å². The number of hydrogen-bond acceptors (Lipinski definition) is 5. The number of allylic oxidation sites excluding steroid dienone is 1. The van der Waals surface area contributed by atoms with Crippen molar-refractivity contribution in [2.24, 2.45) is 4.99 Å². The standard InChI is InChI=1S/C11H7N3O2S/c15-10-8(17-11(16)14-10)4-6-5-13-7-2-1-3-12-9(6)7/h1-5,15H,(H,14,16). The number of nitrogens with one attached hydrogen (secondary N) is 1. The molecule has 2 aromatic rings. The van der Waals surface area contributed by atoms with Crippen LogP contribution in [0.1, 0.15) is 10.6 Å². The smallest absolute Gasteiger partial charge is 0.307 e. The molecule has 0 unspecified atom stereocenters. The lowest BCUT2D eigenvalue weighted by atomic mass is 10.2. The Kier molecular flexibility index (Phi) is 2.15. The SMILES string of the molecule is O=c1[nH]c(O)c(C=C2C=Nc3cccnc32)s1. The van der Waals surface area contributed by atoms with E-state index in [2.05, 4.69) is 15.0 Å². The zero-order chi connectivity index (χ0) is 11.8. The summed E-state index contributed by atoms with van der Waals surface area (Å²) in [5, 5.41) is 9.49. The van der Waals surface area contributed by atoms with E-state index in [1.165, 1.54) is 0 Å². The number of pyridine rings is 1. The Hall–Kier alpha value is -2.21. The number of aromatic nitrogens is 2. The summed E-state index contributed by atoms with van der Waals surface area (Å²) in [5.41, 5.74) is 2.33. The first-order chi connectivity index (χ1) is 8.24. The second-order valence-electron chi connectivity index (χ2n) is 3.46. The van der Waals surface area contributed by atoms with Gasteiger partial charge in [-0.05, 0) is 18.2 Å². The first-order valence-corrected chi connectivity index (χ1v) is 5.69. The molecular weight excluding hydrogens is 238 g/mol. The second-order valence-corrected chi connectivity index (χ2v) is 4.47. The fraction of sp³-hybridized carbons (Fsp3) is 0. The van der Waals surface area contributed by atoms with Crippen LogP contribution in [0.3, 0.4) is 0 Å². The fourth-order valence-electron chi connectivity index (χ4n) is 1.60. The van der Waals surface area contributed by atoms with Gasteiger partial charge in [0.25, 0.3) is 0 Å². The minimum Gasteiger partial charge on any atom is -0.493 e. The van der Waals surface area contributed by atoms with E-state index in [0.717, 1.165) is 28.3 Å². The first-order valence-electron chi connectivity index (χ1n) is 4.87. The molecule has 3 heterocycles. The van der Waals surface area contributed by atoms with Crippen molar-refractivity contribution >= 4 is 34.9 Å². The average Bonchev–Trinajstić information content (AvgIpc) is 2.85. The van der Waals surface area contributed by atoms with E-state index in [9.17, 15) is 9.90 Å². The highest BCUT2D eigenvalue weighted by molar-refractivity contribution is 7.10. The van der Waals surface area contributed by atoms with Crippen LogP contribution in [0.25, 0.3) is 11.6 Å². The van der Waals surface area contributed by atoms with Gasteiger partial charge in [-0.3, -0.25) is 19.8 Å². The summed E-state index contributed by atoms with van der Waals surface area (Å²) in [6.07, 6.45) is 5.04. The third kappa shape index (κ3) is 1.68. The van der Waals surface area contributed by atoms with Crippen LogP contribution >= 0.6 is 11.3 Å². The van der Waals surface area contributed by atoms with Crippen LogP contribution in [0.15, 0.2) is 28.1 Å². The summed E-state index contributed by atoms with van der Waals surface area (Å²) in [5.74, 6) is -0.120. The van der Waals surface area contributed by atoms with Crippen LogP contribution in [0.2, 0.25) is 0 Å². The molecule has 0 aliphatic carbocycles. The maximum absolute atomic E-state index is 11.1. The van der Waals surface area contributed by atoms with Crippen LogP contribution in [-0.4, -0.2) is 21.3 Å². The Labute approximate surface area is 99.8 Å². The van der Waals surface area contributed by atoms with Crippen LogP contribution in [0.4, 0.5) is 5.69 Å². The quantitative estimate of drug-likeness (QED) is 0.804. The summed E-state index contributed by atoms with van der Waals surface area (Å²) in [6, 6.07) is 3.67. The number of nitrogens with zero attached hydrogens (tertiary/aromatic N) is 2. The van der Waals surface area contributed by atoms with Crippen LogP contribution in [0, 0.1) is 0 Å². The van der Waals surface area contributed by atoms with E-state index in [1.807, 2.05) is 12.1 Å². The summed E-state index contributed by atoms with van der Waals surface area (Å²) in [4.78, 5) is 22.0. The molecular formula is C11H7N3O2S. The van der Waals surface area contributed by atoms with Crippen molar-refractivity contribution in [1.29, 1.82) is 0 Å². The Balaban J connectivity index is 2.11. The molecule has 0 fully saturated rings. The Morgan fingerprint density at radius 2 is 2.35 bits per heavy atom. The Morgan fingerprint density at radius 1 is 1.47 bits per heavy atom. The van der Waals surface area contributed by atoms with Gasteiger partial charge in [0.05, 0.1) is 16.3 Å².